The number of carbonyl (C=O) groups excluding carboxylic acids is 2. The van der Waals surface area contributed by atoms with Crippen molar-refractivity contribution in [2.24, 2.45) is 5.92 Å². The monoisotopic (exact) mass is 342 g/mol. The molecule has 2 amide bonds. The fraction of sp³-hybridized carbons (Fsp3) is 0.444. The molecule has 1 aliphatic heterocycles. The fourth-order valence-corrected chi connectivity index (χ4v) is 3.07. The lowest BCUT2D eigenvalue weighted by Crippen LogP contribution is -2.45. The summed E-state index contributed by atoms with van der Waals surface area (Å²) in [5.74, 6) is 0.614. The summed E-state index contributed by atoms with van der Waals surface area (Å²) in [7, 11) is 1.75. The lowest BCUT2D eigenvalue weighted by Gasteiger charge is -2.32. The quantitative estimate of drug-likeness (QED) is 0.830. The molecule has 1 saturated heterocycles. The van der Waals surface area contributed by atoms with Gasteiger partial charge < -0.3 is 14.3 Å². The molecule has 132 valence electrons. The molecule has 1 aliphatic rings. The van der Waals surface area contributed by atoms with Crippen molar-refractivity contribution in [3.63, 3.8) is 0 Å². The van der Waals surface area contributed by atoms with Crippen molar-refractivity contribution in [2.75, 3.05) is 20.1 Å². The van der Waals surface area contributed by atoms with Crippen LogP contribution in [0.3, 0.4) is 0 Å². The molecule has 7 nitrogen and oxygen atoms in total. The van der Waals surface area contributed by atoms with Crippen molar-refractivity contribution in [3.8, 4) is 11.4 Å². The molecule has 0 unspecified atom stereocenters. The molecule has 7 heteroatoms. The van der Waals surface area contributed by atoms with Gasteiger partial charge in [0.1, 0.15) is 5.69 Å². The fourth-order valence-electron chi connectivity index (χ4n) is 3.07. The van der Waals surface area contributed by atoms with Gasteiger partial charge in [0, 0.05) is 38.8 Å². The molecule has 0 N–H and O–H groups in total. The Balaban J connectivity index is 1.62. The van der Waals surface area contributed by atoms with Crippen LogP contribution in [-0.4, -0.2) is 51.9 Å². The maximum Gasteiger partial charge on any atom is 0.227 e. The first-order valence-corrected chi connectivity index (χ1v) is 8.48. The van der Waals surface area contributed by atoms with E-state index in [4.69, 9.17) is 4.52 Å². The van der Waals surface area contributed by atoms with Crippen molar-refractivity contribution in [2.45, 2.75) is 26.3 Å². The zero-order chi connectivity index (χ0) is 17.8. The van der Waals surface area contributed by atoms with Crippen LogP contribution in [0.2, 0.25) is 0 Å². The maximum atomic E-state index is 12.7. The van der Waals surface area contributed by atoms with Crippen molar-refractivity contribution < 1.29 is 14.1 Å². The Morgan fingerprint density at radius 3 is 2.96 bits per heavy atom. The SMILES string of the molecule is CCN1C[C@@H](C(=O)N(C)Cc2cc(-c3ccccn3)no2)CCC1=O. The van der Waals surface area contributed by atoms with Crippen molar-refractivity contribution >= 4 is 11.8 Å². The van der Waals surface area contributed by atoms with E-state index in [1.54, 1.807) is 29.1 Å². The predicted molar refractivity (Wildman–Crippen MR) is 91.2 cm³/mol. The van der Waals surface area contributed by atoms with Gasteiger partial charge in [-0.2, -0.15) is 0 Å². The summed E-state index contributed by atoms with van der Waals surface area (Å²) >= 11 is 0. The molecule has 1 fully saturated rings. The van der Waals surface area contributed by atoms with E-state index in [2.05, 4.69) is 10.1 Å². The zero-order valence-electron chi connectivity index (χ0n) is 14.5. The van der Waals surface area contributed by atoms with Crippen LogP contribution < -0.4 is 0 Å². The molecule has 0 aliphatic carbocycles. The standard InChI is InChI=1S/C18H22N4O3/c1-3-22-11-13(7-8-17(22)23)18(24)21(2)12-14-10-16(20-25-14)15-6-4-5-9-19-15/h4-6,9-10,13H,3,7-8,11-12H2,1-2H3/t13-/m0/s1. The third-order valence-corrected chi connectivity index (χ3v) is 4.49. The molecule has 1 atom stereocenters. The van der Waals surface area contributed by atoms with Crippen LogP contribution in [0.15, 0.2) is 35.0 Å². The molecule has 25 heavy (non-hydrogen) atoms. The Hall–Kier alpha value is -2.70. The molecule has 2 aromatic rings. The van der Waals surface area contributed by atoms with Gasteiger partial charge in [0.05, 0.1) is 18.2 Å². The second kappa shape index (κ2) is 7.46. The van der Waals surface area contributed by atoms with Gasteiger partial charge >= 0.3 is 0 Å². The van der Waals surface area contributed by atoms with Gasteiger partial charge in [-0.25, -0.2) is 0 Å². The first kappa shape index (κ1) is 17.1. The molecule has 0 saturated carbocycles. The zero-order valence-corrected chi connectivity index (χ0v) is 14.5. The first-order valence-electron chi connectivity index (χ1n) is 8.48. The summed E-state index contributed by atoms with van der Waals surface area (Å²) in [6.07, 6.45) is 2.74. The minimum Gasteiger partial charge on any atom is -0.359 e. The number of hydrogen-bond acceptors (Lipinski definition) is 5. The number of nitrogens with zero attached hydrogens (tertiary/aromatic N) is 4. The Morgan fingerprint density at radius 1 is 1.40 bits per heavy atom. The highest BCUT2D eigenvalue weighted by Gasteiger charge is 2.31. The van der Waals surface area contributed by atoms with E-state index in [0.29, 0.717) is 43.9 Å². The van der Waals surface area contributed by atoms with Crippen LogP contribution in [-0.2, 0) is 16.1 Å². The van der Waals surface area contributed by atoms with E-state index >= 15 is 0 Å². The highest BCUT2D eigenvalue weighted by Crippen LogP contribution is 2.21. The van der Waals surface area contributed by atoms with Gasteiger partial charge in [-0.05, 0) is 25.5 Å². The van der Waals surface area contributed by atoms with Gasteiger partial charge in [0.2, 0.25) is 11.8 Å². The first-order chi connectivity index (χ1) is 12.1. The topological polar surface area (TPSA) is 79.5 Å². The number of pyridine rings is 1. The lowest BCUT2D eigenvalue weighted by molar-refractivity contribution is -0.142. The van der Waals surface area contributed by atoms with E-state index in [1.165, 1.54) is 0 Å². The van der Waals surface area contributed by atoms with E-state index < -0.39 is 0 Å². The second-order valence-corrected chi connectivity index (χ2v) is 6.26. The van der Waals surface area contributed by atoms with Gasteiger partial charge in [0.25, 0.3) is 0 Å². The van der Waals surface area contributed by atoms with Crippen molar-refractivity contribution in [1.82, 2.24) is 19.9 Å². The Labute approximate surface area is 146 Å². The molecule has 2 aromatic heterocycles. The van der Waals surface area contributed by atoms with Gasteiger partial charge in [-0.3, -0.25) is 14.6 Å². The molecule has 3 heterocycles. The van der Waals surface area contributed by atoms with E-state index in [9.17, 15) is 9.59 Å². The highest BCUT2D eigenvalue weighted by molar-refractivity contribution is 5.83. The average molecular weight is 342 g/mol. The Kier molecular flexibility index (Phi) is 5.11. The summed E-state index contributed by atoms with van der Waals surface area (Å²) in [6, 6.07) is 7.38. The highest BCUT2D eigenvalue weighted by atomic mass is 16.5. The normalized spacial score (nSPS) is 17.6. The van der Waals surface area contributed by atoms with Crippen LogP contribution in [0, 0.1) is 5.92 Å². The molecular weight excluding hydrogens is 320 g/mol. The number of likely N-dealkylation sites (tertiary alicyclic amines) is 1. The number of rotatable bonds is 5. The van der Waals surface area contributed by atoms with E-state index in [0.717, 1.165) is 5.69 Å². The second-order valence-electron chi connectivity index (χ2n) is 6.26. The van der Waals surface area contributed by atoms with Crippen molar-refractivity contribution in [3.05, 3.63) is 36.2 Å². The molecule has 0 radical (unpaired) electrons. The summed E-state index contributed by atoms with van der Waals surface area (Å²) in [5, 5.41) is 4.02. The van der Waals surface area contributed by atoms with Crippen LogP contribution in [0.4, 0.5) is 0 Å². The van der Waals surface area contributed by atoms with Crippen molar-refractivity contribution in [1.29, 1.82) is 0 Å². The number of amides is 2. The van der Waals surface area contributed by atoms with Gasteiger partial charge in [0.15, 0.2) is 5.76 Å². The lowest BCUT2D eigenvalue weighted by atomic mass is 9.96. The summed E-state index contributed by atoms with van der Waals surface area (Å²) in [5.41, 5.74) is 1.38. The number of piperidine rings is 1. The third-order valence-electron chi connectivity index (χ3n) is 4.49. The predicted octanol–water partition coefficient (Wildman–Crippen LogP) is 1.95. The van der Waals surface area contributed by atoms with E-state index in [-0.39, 0.29) is 17.7 Å². The Bertz CT molecular complexity index is 744. The molecule has 0 aromatic carbocycles. The smallest absolute Gasteiger partial charge is 0.227 e. The van der Waals surface area contributed by atoms with Crippen LogP contribution in [0.25, 0.3) is 11.4 Å². The number of aromatic nitrogens is 2. The molecule has 0 spiro atoms. The molecule has 3 rings (SSSR count). The summed E-state index contributed by atoms with van der Waals surface area (Å²) in [4.78, 5) is 32.0. The summed E-state index contributed by atoms with van der Waals surface area (Å²) in [6.45, 7) is 3.41. The van der Waals surface area contributed by atoms with Crippen LogP contribution in [0.5, 0.6) is 0 Å². The Morgan fingerprint density at radius 2 is 2.24 bits per heavy atom. The average Bonchev–Trinajstić information content (AvgIpc) is 3.10. The number of carbonyl (C=O) groups is 2. The molecule has 0 bridgehead atoms. The van der Waals surface area contributed by atoms with Crippen LogP contribution in [0.1, 0.15) is 25.5 Å². The minimum absolute atomic E-state index is 0.0294. The van der Waals surface area contributed by atoms with Gasteiger partial charge in [-0.1, -0.05) is 11.2 Å². The van der Waals surface area contributed by atoms with Gasteiger partial charge in [-0.15, -0.1) is 0 Å². The van der Waals surface area contributed by atoms with Crippen LogP contribution >= 0.6 is 0 Å². The number of hydrogen-bond donors (Lipinski definition) is 0. The third kappa shape index (κ3) is 3.87. The van der Waals surface area contributed by atoms with E-state index in [1.807, 2.05) is 25.1 Å². The maximum absolute atomic E-state index is 12.7. The minimum atomic E-state index is -0.152. The summed E-state index contributed by atoms with van der Waals surface area (Å²) < 4.78 is 5.34. The molecular formula is C18H22N4O3. The largest absolute Gasteiger partial charge is 0.359 e.